The van der Waals surface area contributed by atoms with Crippen molar-refractivity contribution in [3.63, 3.8) is 0 Å². The van der Waals surface area contributed by atoms with E-state index in [2.05, 4.69) is 36.6 Å². The minimum Gasteiger partial charge on any atom is -0.0860 e. The molecule has 3 heteroatoms. The van der Waals surface area contributed by atoms with Crippen LogP contribution in [0.1, 0.15) is 19.4 Å². The van der Waals surface area contributed by atoms with Crippen LogP contribution in [0.15, 0.2) is 30.3 Å². The topological polar surface area (TPSA) is 0 Å². The molecule has 1 aromatic carbocycles. The Labute approximate surface area is 93.1 Å². The molecule has 1 rings (SSSR count). The second-order valence-electron chi connectivity index (χ2n) is 1.98. The molecule has 0 atom stereocenters. The van der Waals surface area contributed by atoms with E-state index in [4.69, 9.17) is 0 Å². The molecule has 13 heavy (non-hydrogen) atoms. The normalized spacial score (nSPS) is 8.85. The Balaban J connectivity index is 0.000000671. The molecule has 74 valence electrons. The van der Waals surface area contributed by atoms with Gasteiger partial charge in [0.05, 0.1) is 0 Å². The summed E-state index contributed by atoms with van der Waals surface area (Å²) < 4.78 is 0. The molecule has 0 saturated heterocycles. The first-order valence-electron chi connectivity index (χ1n) is 4.29. The lowest BCUT2D eigenvalue weighted by atomic mass is 10.2. The first-order chi connectivity index (χ1) is 6.43. The van der Waals surface area contributed by atoms with Gasteiger partial charge in [-0.2, -0.15) is 0 Å². The Morgan fingerprint density at radius 3 is 2.23 bits per heavy atom. The maximum Gasteiger partial charge on any atom is 0.0296 e. The zero-order valence-corrected chi connectivity index (χ0v) is 10.8. The summed E-state index contributed by atoms with van der Waals surface area (Å²) in [6.07, 6.45) is 2.10. The van der Waals surface area contributed by atoms with Crippen molar-refractivity contribution in [1.29, 1.82) is 0 Å². The van der Waals surface area contributed by atoms with E-state index < -0.39 is 0 Å². The monoisotopic (exact) mass is 232 g/mol. The molecule has 0 amide bonds. The highest BCUT2D eigenvalue weighted by molar-refractivity contribution is 9.09. The van der Waals surface area contributed by atoms with Gasteiger partial charge >= 0.3 is 0 Å². The fourth-order valence-corrected chi connectivity index (χ4v) is 3.33. The first-order valence-corrected chi connectivity index (χ1v) is 8.36. The van der Waals surface area contributed by atoms with Gasteiger partial charge in [-0.05, 0) is 21.6 Å². The molecule has 0 aliphatic carbocycles. The molecule has 1 aromatic rings. The molecule has 0 radical (unpaired) electrons. The maximum atomic E-state index is 2.16. The Morgan fingerprint density at radius 1 is 1.08 bits per heavy atom. The van der Waals surface area contributed by atoms with Crippen LogP contribution in [0.25, 0.3) is 0 Å². The minimum absolute atomic E-state index is 1.10. The van der Waals surface area contributed by atoms with Crippen molar-refractivity contribution in [2.24, 2.45) is 0 Å². The fourth-order valence-electron chi connectivity index (χ4n) is 0.714. The summed E-state index contributed by atoms with van der Waals surface area (Å²) in [6.45, 7) is 4.00. The average molecular weight is 232 g/mol. The van der Waals surface area contributed by atoms with E-state index in [0.717, 1.165) is 5.75 Å². The fraction of sp³-hybridized carbons (Fsp3) is 0.400. The van der Waals surface area contributed by atoms with Crippen molar-refractivity contribution < 1.29 is 0 Å². The van der Waals surface area contributed by atoms with Crippen LogP contribution in [-0.2, 0) is 5.75 Å². The average Bonchev–Trinajstić information content (AvgIpc) is 2.23. The van der Waals surface area contributed by atoms with Gasteiger partial charge in [0.2, 0.25) is 0 Å². The van der Waals surface area contributed by atoms with Crippen LogP contribution in [0.2, 0.25) is 0 Å². The third kappa shape index (κ3) is 7.35. The Hall–Kier alpha value is 0.270. The number of hydrogen-bond acceptors (Lipinski definition) is 3. The van der Waals surface area contributed by atoms with E-state index in [1.807, 2.05) is 34.5 Å². The Bertz CT molecular complexity index is 187. The highest BCUT2D eigenvalue weighted by atomic mass is 33.5. The highest BCUT2D eigenvalue weighted by Crippen LogP contribution is 2.34. The van der Waals surface area contributed by atoms with Crippen molar-refractivity contribution in [3.05, 3.63) is 35.9 Å². The SMILES string of the molecule is CC.CSSSCc1ccccc1. The third-order valence-electron chi connectivity index (χ3n) is 1.18. The zero-order chi connectivity index (χ0) is 9.94. The quantitative estimate of drug-likeness (QED) is 0.537. The molecule has 0 aromatic heterocycles. The largest absolute Gasteiger partial charge is 0.0860 e. The van der Waals surface area contributed by atoms with Crippen molar-refractivity contribution in [3.8, 4) is 0 Å². The number of hydrogen-bond donors (Lipinski definition) is 0. The van der Waals surface area contributed by atoms with Gasteiger partial charge < -0.3 is 0 Å². The highest BCUT2D eigenvalue weighted by Gasteiger charge is 1.90. The van der Waals surface area contributed by atoms with Gasteiger partial charge in [0.15, 0.2) is 0 Å². The van der Waals surface area contributed by atoms with E-state index in [-0.39, 0.29) is 0 Å². The van der Waals surface area contributed by atoms with Crippen LogP contribution in [-0.4, -0.2) is 6.26 Å². The van der Waals surface area contributed by atoms with Crippen molar-refractivity contribution in [2.75, 3.05) is 6.26 Å². The lowest BCUT2D eigenvalue weighted by molar-refractivity contribution is 1.43. The molecule has 0 bridgehead atoms. The van der Waals surface area contributed by atoms with Gasteiger partial charge in [0.1, 0.15) is 0 Å². The molecule has 0 aliphatic rings. The summed E-state index contributed by atoms with van der Waals surface area (Å²) in [4.78, 5) is 0. The molecular weight excluding hydrogens is 216 g/mol. The molecule has 0 N–H and O–H groups in total. The van der Waals surface area contributed by atoms with E-state index in [0.29, 0.717) is 0 Å². The second-order valence-corrected chi connectivity index (χ2v) is 6.32. The molecule has 0 fully saturated rings. The predicted octanol–water partition coefficient (Wildman–Crippen LogP) is 4.87. The summed E-state index contributed by atoms with van der Waals surface area (Å²) in [7, 11) is 5.52. The predicted molar refractivity (Wildman–Crippen MR) is 70.2 cm³/mol. The summed E-state index contributed by atoms with van der Waals surface area (Å²) in [6, 6.07) is 10.5. The van der Waals surface area contributed by atoms with Crippen molar-refractivity contribution in [1.82, 2.24) is 0 Å². The van der Waals surface area contributed by atoms with Crippen molar-refractivity contribution in [2.45, 2.75) is 19.6 Å². The number of benzene rings is 1. The van der Waals surface area contributed by atoms with Crippen LogP contribution in [0.5, 0.6) is 0 Å². The molecule has 0 saturated carbocycles. The van der Waals surface area contributed by atoms with Gasteiger partial charge in [-0.25, -0.2) is 0 Å². The van der Waals surface area contributed by atoms with Gasteiger partial charge in [0, 0.05) is 5.75 Å². The lowest BCUT2D eigenvalue weighted by Crippen LogP contribution is -1.74. The van der Waals surface area contributed by atoms with Crippen LogP contribution in [0.4, 0.5) is 0 Å². The Morgan fingerprint density at radius 2 is 1.69 bits per heavy atom. The van der Waals surface area contributed by atoms with E-state index in [9.17, 15) is 0 Å². The van der Waals surface area contributed by atoms with E-state index >= 15 is 0 Å². The second kappa shape index (κ2) is 10.4. The van der Waals surface area contributed by atoms with Crippen molar-refractivity contribution >= 4 is 31.4 Å². The molecular formula is C10H16S3. The standard InChI is InChI=1S/C8H10S3.C2H6/c1-9-11-10-7-8-5-3-2-4-6-8;1-2/h2-6H,7H2,1H3;1-2H3. The van der Waals surface area contributed by atoms with Crippen LogP contribution < -0.4 is 0 Å². The first kappa shape index (κ1) is 13.3. The third-order valence-corrected chi connectivity index (χ3v) is 5.01. The molecule has 0 heterocycles. The lowest BCUT2D eigenvalue weighted by Gasteiger charge is -1.97. The van der Waals surface area contributed by atoms with Gasteiger partial charge in [-0.15, -0.1) is 0 Å². The molecule has 0 spiro atoms. The number of rotatable bonds is 4. The molecule has 0 nitrogen and oxygen atoms in total. The summed E-state index contributed by atoms with van der Waals surface area (Å²) in [5.41, 5.74) is 1.40. The minimum atomic E-state index is 1.10. The smallest absolute Gasteiger partial charge is 0.0296 e. The van der Waals surface area contributed by atoms with Gasteiger partial charge in [-0.1, -0.05) is 65.8 Å². The van der Waals surface area contributed by atoms with Gasteiger partial charge in [0.25, 0.3) is 0 Å². The molecule has 0 aliphatic heterocycles. The summed E-state index contributed by atoms with van der Waals surface area (Å²) >= 11 is 0. The Kier molecular flexibility index (Phi) is 10.6. The van der Waals surface area contributed by atoms with Gasteiger partial charge in [-0.3, -0.25) is 0 Å². The summed E-state index contributed by atoms with van der Waals surface area (Å²) in [5, 5.41) is 0. The van der Waals surface area contributed by atoms with Crippen LogP contribution in [0.3, 0.4) is 0 Å². The maximum absolute atomic E-state index is 2.16. The van der Waals surface area contributed by atoms with E-state index in [1.165, 1.54) is 5.56 Å². The van der Waals surface area contributed by atoms with E-state index in [1.54, 1.807) is 10.8 Å². The summed E-state index contributed by atoms with van der Waals surface area (Å²) in [5.74, 6) is 1.10. The zero-order valence-electron chi connectivity index (χ0n) is 8.32. The van der Waals surface area contributed by atoms with Crippen LogP contribution >= 0.6 is 31.4 Å². The molecule has 0 unspecified atom stereocenters. The van der Waals surface area contributed by atoms with Crippen LogP contribution in [0, 0.1) is 0 Å².